The van der Waals surface area contributed by atoms with Gasteiger partial charge in [-0.25, -0.2) is 9.59 Å². The highest BCUT2D eigenvalue weighted by Gasteiger charge is 2.09. The van der Waals surface area contributed by atoms with E-state index in [1.54, 1.807) is 43.3 Å². The number of carbonyl (C=O) groups is 2. The number of carbonyl (C=O) groups excluding carboxylic acids is 1. The van der Waals surface area contributed by atoms with Gasteiger partial charge in [0, 0.05) is 0 Å². The number of carboxylic acids is 1. The molecule has 20 heavy (non-hydrogen) atoms. The molecule has 0 bridgehead atoms. The maximum absolute atomic E-state index is 11.7. The molecule has 0 fully saturated rings. The van der Waals surface area contributed by atoms with Crippen LogP contribution < -0.4 is 0 Å². The third-order valence-electron chi connectivity index (χ3n) is 2.82. The summed E-state index contributed by atoms with van der Waals surface area (Å²) in [5.41, 5.74) is 2.18. The molecule has 0 heterocycles. The van der Waals surface area contributed by atoms with Gasteiger partial charge < -0.3 is 9.84 Å². The first-order valence-corrected chi connectivity index (χ1v) is 6.22. The Hall–Kier alpha value is -2.62. The third-order valence-corrected chi connectivity index (χ3v) is 2.82. The van der Waals surface area contributed by atoms with Crippen molar-refractivity contribution in [1.29, 1.82) is 0 Å². The van der Waals surface area contributed by atoms with Crippen molar-refractivity contribution in [3.63, 3.8) is 0 Å². The topological polar surface area (TPSA) is 63.6 Å². The lowest BCUT2D eigenvalue weighted by molar-refractivity contribution is 0.0526. The molecule has 2 aromatic rings. The maximum Gasteiger partial charge on any atom is 0.338 e. The average Bonchev–Trinajstić information content (AvgIpc) is 2.48. The molecule has 0 aliphatic heterocycles. The summed E-state index contributed by atoms with van der Waals surface area (Å²) in [6, 6.07) is 13.5. The molecule has 0 amide bonds. The van der Waals surface area contributed by atoms with Gasteiger partial charge in [-0.05, 0) is 42.3 Å². The van der Waals surface area contributed by atoms with E-state index in [2.05, 4.69) is 0 Å². The first kappa shape index (κ1) is 13.8. The highest BCUT2D eigenvalue weighted by Crippen LogP contribution is 2.22. The predicted molar refractivity (Wildman–Crippen MR) is 74.8 cm³/mol. The Balaban J connectivity index is 2.38. The molecule has 4 nitrogen and oxygen atoms in total. The largest absolute Gasteiger partial charge is 0.478 e. The van der Waals surface area contributed by atoms with Crippen molar-refractivity contribution in [2.45, 2.75) is 6.92 Å². The van der Waals surface area contributed by atoms with Crippen LogP contribution in [-0.4, -0.2) is 23.7 Å². The van der Waals surface area contributed by atoms with Crippen LogP contribution in [0, 0.1) is 0 Å². The van der Waals surface area contributed by atoms with Crippen LogP contribution in [0.15, 0.2) is 48.5 Å². The van der Waals surface area contributed by atoms with Gasteiger partial charge in [-0.2, -0.15) is 0 Å². The number of ether oxygens (including phenoxy) is 1. The van der Waals surface area contributed by atoms with Crippen molar-refractivity contribution in [2.75, 3.05) is 6.61 Å². The van der Waals surface area contributed by atoms with Crippen LogP contribution in [0.3, 0.4) is 0 Å². The van der Waals surface area contributed by atoms with Crippen molar-refractivity contribution >= 4 is 11.9 Å². The Morgan fingerprint density at radius 2 is 1.55 bits per heavy atom. The van der Waals surface area contributed by atoms with Crippen LogP contribution in [0.4, 0.5) is 0 Å². The molecule has 0 spiro atoms. The zero-order chi connectivity index (χ0) is 14.5. The molecule has 0 aliphatic carbocycles. The monoisotopic (exact) mass is 270 g/mol. The SMILES string of the molecule is CCOC(=O)c1cccc(-c2cccc(C(=O)O)c2)c1. The summed E-state index contributed by atoms with van der Waals surface area (Å²) in [6.45, 7) is 2.07. The van der Waals surface area contributed by atoms with Gasteiger partial charge in [0.1, 0.15) is 0 Å². The van der Waals surface area contributed by atoms with E-state index in [9.17, 15) is 9.59 Å². The van der Waals surface area contributed by atoms with Gasteiger partial charge in [-0.3, -0.25) is 0 Å². The molecule has 2 rings (SSSR count). The number of aromatic carboxylic acids is 1. The van der Waals surface area contributed by atoms with Gasteiger partial charge in [0.25, 0.3) is 0 Å². The molecular weight excluding hydrogens is 256 g/mol. The Morgan fingerprint density at radius 3 is 2.10 bits per heavy atom. The van der Waals surface area contributed by atoms with Gasteiger partial charge >= 0.3 is 11.9 Å². The molecule has 1 N–H and O–H groups in total. The van der Waals surface area contributed by atoms with Crippen LogP contribution in [0.25, 0.3) is 11.1 Å². The van der Waals surface area contributed by atoms with E-state index in [1.807, 2.05) is 6.07 Å². The van der Waals surface area contributed by atoms with Gasteiger partial charge in [0.15, 0.2) is 0 Å². The summed E-state index contributed by atoms with van der Waals surface area (Å²) in [6.07, 6.45) is 0. The molecule has 0 atom stereocenters. The van der Waals surface area contributed by atoms with Gasteiger partial charge in [0.2, 0.25) is 0 Å². The molecule has 0 saturated heterocycles. The van der Waals surface area contributed by atoms with Crippen molar-refractivity contribution in [2.24, 2.45) is 0 Å². The summed E-state index contributed by atoms with van der Waals surface area (Å²) in [5, 5.41) is 8.99. The van der Waals surface area contributed by atoms with Crippen LogP contribution in [0.1, 0.15) is 27.6 Å². The fourth-order valence-corrected chi connectivity index (χ4v) is 1.87. The van der Waals surface area contributed by atoms with Crippen molar-refractivity contribution in [3.8, 4) is 11.1 Å². The first-order valence-electron chi connectivity index (χ1n) is 6.22. The summed E-state index contributed by atoms with van der Waals surface area (Å²) in [7, 11) is 0. The molecular formula is C16H14O4. The van der Waals surface area contributed by atoms with E-state index in [4.69, 9.17) is 9.84 Å². The Morgan fingerprint density at radius 1 is 1.00 bits per heavy atom. The van der Waals surface area contributed by atoms with Gasteiger partial charge in [-0.15, -0.1) is 0 Å². The molecule has 0 radical (unpaired) electrons. The van der Waals surface area contributed by atoms with Crippen LogP contribution in [-0.2, 0) is 4.74 Å². The third kappa shape index (κ3) is 3.03. The second kappa shape index (κ2) is 6.02. The lowest BCUT2D eigenvalue weighted by Crippen LogP contribution is -2.04. The molecule has 0 aromatic heterocycles. The van der Waals surface area contributed by atoms with E-state index >= 15 is 0 Å². The highest BCUT2D eigenvalue weighted by atomic mass is 16.5. The fourth-order valence-electron chi connectivity index (χ4n) is 1.87. The summed E-state index contributed by atoms with van der Waals surface area (Å²) in [4.78, 5) is 22.7. The maximum atomic E-state index is 11.7. The van der Waals surface area contributed by atoms with E-state index in [0.717, 1.165) is 11.1 Å². The van der Waals surface area contributed by atoms with E-state index < -0.39 is 5.97 Å². The van der Waals surface area contributed by atoms with Crippen LogP contribution >= 0.6 is 0 Å². The Labute approximate surface area is 116 Å². The fraction of sp³-hybridized carbons (Fsp3) is 0.125. The number of hydrogen-bond acceptors (Lipinski definition) is 3. The zero-order valence-electron chi connectivity index (χ0n) is 11.0. The van der Waals surface area contributed by atoms with Crippen LogP contribution in [0.2, 0.25) is 0 Å². The average molecular weight is 270 g/mol. The Bertz CT molecular complexity index is 646. The number of rotatable bonds is 4. The number of esters is 1. The highest BCUT2D eigenvalue weighted by molar-refractivity contribution is 5.92. The van der Waals surface area contributed by atoms with E-state index in [1.165, 1.54) is 6.07 Å². The predicted octanol–water partition coefficient (Wildman–Crippen LogP) is 3.23. The molecule has 2 aromatic carbocycles. The van der Waals surface area contributed by atoms with Gasteiger partial charge in [-0.1, -0.05) is 24.3 Å². The second-order valence-electron chi connectivity index (χ2n) is 4.19. The summed E-state index contributed by atoms with van der Waals surface area (Å²) in [5.74, 6) is -1.36. The number of benzene rings is 2. The normalized spacial score (nSPS) is 10.1. The second-order valence-corrected chi connectivity index (χ2v) is 4.19. The summed E-state index contributed by atoms with van der Waals surface area (Å²) < 4.78 is 4.95. The smallest absolute Gasteiger partial charge is 0.338 e. The minimum atomic E-state index is -0.978. The lowest BCUT2D eigenvalue weighted by Gasteiger charge is -2.06. The van der Waals surface area contributed by atoms with Crippen molar-refractivity contribution in [3.05, 3.63) is 59.7 Å². The van der Waals surface area contributed by atoms with Crippen molar-refractivity contribution < 1.29 is 19.4 Å². The molecule has 0 unspecified atom stereocenters. The molecule has 0 aliphatic rings. The van der Waals surface area contributed by atoms with Crippen molar-refractivity contribution in [1.82, 2.24) is 0 Å². The van der Waals surface area contributed by atoms with E-state index in [-0.39, 0.29) is 11.5 Å². The lowest BCUT2D eigenvalue weighted by atomic mass is 10.0. The van der Waals surface area contributed by atoms with Gasteiger partial charge in [0.05, 0.1) is 17.7 Å². The molecule has 0 saturated carbocycles. The first-order chi connectivity index (χ1) is 9.61. The van der Waals surface area contributed by atoms with E-state index in [0.29, 0.717) is 12.2 Å². The molecule has 102 valence electrons. The Kier molecular flexibility index (Phi) is 4.15. The van der Waals surface area contributed by atoms with Crippen LogP contribution in [0.5, 0.6) is 0 Å². The minimum Gasteiger partial charge on any atom is -0.478 e. The zero-order valence-corrected chi connectivity index (χ0v) is 11.0. The number of hydrogen-bond donors (Lipinski definition) is 1. The quantitative estimate of drug-likeness (QED) is 0.866. The standard InChI is InChI=1S/C16H14O4/c1-2-20-16(19)14-8-4-6-12(10-14)11-5-3-7-13(9-11)15(17)18/h3-10H,2H2,1H3,(H,17,18). The summed E-state index contributed by atoms with van der Waals surface area (Å²) >= 11 is 0. The molecule has 4 heteroatoms. The number of carboxylic acid groups (broad SMARTS) is 1. The minimum absolute atomic E-state index is 0.212.